The maximum atomic E-state index is 11.1. The van der Waals surface area contributed by atoms with Crippen LogP contribution >= 0.6 is 23.2 Å². The molecule has 0 radical (unpaired) electrons. The van der Waals surface area contributed by atoms with E-state index in [4.69, 9.17) is 23.2 Å². The second-order valence-corrected chi connectivity index (χ2v) is 4.79. The summed E-state index contributed by atoms with van der Waals surface area (Å²) in [7, 11) is 1.79. The Morgan fingerprint density at radius 2 is 2.00 bits per heavy atom. The first-order valence-electron chi connectivity index (χ1n) is 5.08. The van der Waals surface area contributed by atoms with Crippen LogP contribution in [0, 0.1) is 0 Å². The van der Waals surface area contributed by atoms with Crippen LogP contribution < -0.4 is 0 Å². The van der Waals surface area contributed by atoms with Crippen molar-refractivity contribution in [1.82, 2.24) is 4.90 Å². The van der Waals surface area contributed by atoms with Crippen molar-refractivity contribution in [2.75, 3.05) is 13.6 Å². The molecule has 88 valence electrons. The van der Waals surface area contributed by atoms with E-state index in [1.165, 1.54) is 0 Å². The van der Waals surface area contributed by atoms with E-state index in [9.17, 15) is 4.79 Å². The minimum atomic E-state index is 0.0620. The number of benzene rings is 1. The van der Waals surface area contributed by atoms with Crippen molar-refractivity contribution in [2.45, 2.75) is 19.8 Å². The van der Waals surface area contributed by atoms with Crippen LogP contribution in [0.15, 0.2) is 18.2 Å². The van der Waals surface area contributed by atoms with E-state index in [0.29, 0.717) is 16.6 Å². The third-order valence-electron chi connectivity index (χ3n) is 2.60. The minimum Gasteiger partial charge on any atom is -0.345 e. The van der Waals surface area contributed by atoms with Crippen molar-refractivity contribution in [3.63, 3.8) is 0 Å². The number of carbonyl (C=O) groups is 1. The fourth-order valence-electron chi connectivity index (χ4n) is 1.46. The van der Waals surface area contributed by atoms with Crippen LogP contribution in [-0.2, 0) is 4.79 Å². The minimum absolute atomic E-state index is 0.0620. The Hall–Kier alpha value is -0.730. The zero-order valence-electron chi connectivity index (χ0n) is 9.63. The summed E-state index contributed by atoms with van der Waals surface area (Å²) in [5.41, 5.74) is 1.09. The largest absolute Gasteiger partial charge is 0.345 e. The average Bonchev–Trinajstić information content (AvgIpc) is 2.21. The van der Waals surface area contributed by atoms with Crippen molar-refractivity contribution >= 4 is 29.1 Å². The number of likely N-dealkylation sites (N-methyl/N-ethyl adjacent to an activating group) is 1. The molecule has 0 saturated carbocycles. The fraction of sp³-hybridized carbons (Fsp3) is 0.417. The summed E-state index contributed by atoms with van der Waals surface area (Å²) < 4.78 is 0. The summed E-state index contributed by atoms with van der Waals surface area (Å²) >= 11 is 11.8. The molecule has 1 aromatic rings. The molecule has 1 amide bonds. The monoisotopic (exact) mass is 259 g/mol. The van der Waals surface area contributed by atoms with Crippen molar-refractivity contribution in [3.05, 3.63) is 33.8 Å². The molecule has 4 heteroatoms. The van der Waals surface area contributed by atoms with Gasteiger partial charge in [0.05, 0.1) is 10.0 Å². The molecule has 0 aromatic heterocycles. The fourth-order valence-corrected chi connectivity index (χ4v) is 1.77. The highest BCUT2D eigenvalue weighted by atomic mass is 35.5. The van der Waals surface area contributed by atoms with Gasteiger partial charge >= 0.3 is 0 Å². The van der Waals surface area contributed by atoms with Crippen LogP contribution in [-0.4, -0.2) is 24.4 Å². The molecule has 1 unspecified atom stereocenters. The molecule has 0 aliphatic heterocycles. The van der Waals surface area contributed by atoms with Crippen LogP contribution in [0.3, 0.4) is 0 Å². The highest BCUT2D eigenvalue weighted by molar-refractivity contribution is 6.42. The first-order valence-corrected chi connectivity index (χ1v) is 5.84. The van der Waals surface area contributed by atoms with Crippen LogP contribution in [0.5, 0.6) is 0 Å². The van der Waals surface area contributed by atoms with Crippen molar-refractivity contribution in [2.24, 2.45) is 0 Å². The van der Waals surface area contributed by atoms with E-state index in [1.54, 1.807) is 24.9 Å². The first kappa shape index (κ1) is 13.3. The smallest absolute Gasteiger partial charge is 0.219 e. The maximum absolute atomic E-state index is 11.1. The Kier molecular flexibility index (Phi) is 4.63. The lowest BCUT2D eigenvalue weighted by Gasteiger charge is -2.20. The summed E-state index contributed by atoms with van der Waals surface area (Å²) in [4.78, 5) is 12.8. The lowest BCUT2D eigenvalue weighted by Crippen LogP contribution is -2.27. The molecule has 1 aromatic carbocycles. The van der Waals surface area contributed by atoms with Crippen LogP contribution in [0.2, 0.25) is 10.0 Å². The topological polar surface area (TPSA) is 20.3 Å². The van der Waals surface area contributed by atoms with Gasteiger partial charge in [0.25, 0.3) is 0 Å². The SMILES string of the molecule is CC(=O)N(C)CC(C)c1ccc(Cl)c(Cl)c1. The van der Waals surface area contributed by atoms with Crippen LogP contribution in [0.1, 0.15) is 25.3 Å². The number of hydrogen-bond acceptors (Lipinski definition) is 1. The summed E-state index contributed by atoms with van der Waals surface area (Å²) in [5, 5.41) is 1.11. The van der Waals surface area contributed by atoms with Gasteiger partial charge in [-0.1, -0.05) is 36.2 Å². The molecule has 0 aliphatic rings. The van der Waals surface area contributed by atoms with Gasteiger partial charge in [0.15, 0.2) is 0 Å². The second kappa shape index (κ2) is 5.55. The Morgan fingerprint density at radius 1 is 1.38 bits per heavy atom. The van der Waals surface area contributed by atoms with Crippen molar-refractivity contribution in [3.8, 4) is 0 Å². The third kappa shape index (κ3) is 3.39. The van der Waals surface area contributed by atoms with E-state index < -0.39 is 0 Å². The van der Waals surface area contributed by atoms with Gasteiger partial charge in [-0.2, -0.15) is 0 Å². The lowest BCUT2D eigenvalue weighted by molar-refractivity contribution is -0.127. The van der Waals surface area contributed by atoms with Gasteiger partial charge < -0.3 is 4.90 Å². The van der Waals surface area contributed by atoms with Crippen molar-refractivity contribution < 1.29 is 4.79 Å². The van der Waals surface area contributed by atoms with Crippen LogP contribution in [0.25, 0.3) is 0 Å². The third-order valence-corrected chi connectivity index (χ3v) is 3.34. The van der Waals surface area contributed by atoms with Gasteiger partial charge in [0.1, 0.15) is 0 Å². The van der Waals surface area contributed by atoms with Gasteiger partial charge in [-0.25, -0.2) is 0 Å². The number of carbonyl (C=O) groups excluding carboxylic acids is 1. The first-order chi connectivity index (χ1) is 7.41. The zero-order chi connectivity index (χ0) is 12.3. The molecule has 1 atom stereocenters. The molecular weight excluding hydrogens is 245 g/mol. The second-order valence-electron chi connectivity index (χ2n) is 3.97. The quantitative estimate of drug-likeness (QED) is 0.813. The Labute approximate surface area is 106 Å². The molecule has 0 N–H and O–H groups in total. The molecule has 2 nitrogen and oxygen atoms in total. The van der Waals surface area contributed by atoms with Gasteiger partial charge in [0, 0.05) is 20.5 Å². The summed E-state index contributed by atoms with van der Waals surface area (Å²) in [6.45, 7) is 4.29. The van der Waals surface area contributed by atoms with E-state index >= 15 is 0 Å². The maximum Gasteiger partial charge on any atom is 0.219 e. The molecular formula is C12H15Cl2NO. The van der Waals surface area contributed by atoms with Gasteiger partial charge in [-0.3, -0.25) is 4.79 Å². The van der Waals surface area contributed by atoms with Gasteiger partial charge in [0.2, 0.25) is 5.91 Å². The molecule has 0 fully saturated rings. The normalized spacial score (nSPS) is 12.3. The van der Waals surface area contributed by atoms with Gasteiger partial charge in [-0.15, -0.1) is 0 Å². The Bertz CT molecular complexity index is 393. The highest BCUT2D eigenvalue weighted by Gasteiger charge is 2.11. The zero-order valence-corrected chi connectivity index (χ0v) is 11.1. The number of hydrogen-bond donors (Lipinski definition) is 0. The van der Waals surface area contributed by atoms with Gasteiger partial charge in [-0.05, 0) is 23.6 Å². The molecule has 16 heavy (non-hydrogen) atoms. The molecule has 0 heterocycles. The Balaban J connectivity index is 2.76. The molecule has 1 rings (SSSR count). The number of halogens is 2. The van der Waals surface area contributed by atoms with E-state index in [-0.39, 0.29) is 11.8 Å². The molecule has 0 spiro atoms. The standard InChI is InChI=1S/C12H15Cl2NO/c1-8(7-15(3)9(2)16)10-4-5-11(13)12(14)6-10/h4-6,8H,7H2,1-3H3. The van der Waals surface area contributed by atoms with E-state index in [0.717, 1.165) is 5.56 Å². The number of rotatable bonds is 3. The van der Waals surface area contributed by atoms with Crippen LogP contribution in [0.4, 0.5) is 0 Å². The molecule has 0 aliphatic carbocycles. The summed E-state index contributed by atoms with van der Waals surface area (Å²) in [6, 6.07) is 5.57. The predicted molar refractivity (Wildman–Crippen MR) is 68.2 cm³/mol. The molecule has 0 bridgehead atoms. The Morgan fingerprint density at radius 3 is 2.50 bits per heavy atom. The number of nitrogens with zero attached hydrogens (tertiary/aromatic N) is 1. The lowest BCUT2D eigenvalue weighted by atomic mass is 10.0. The van der Waals surface area contributed by atoms with E-state index in [1.807, 2.05) is 12.1 Å². The summed E-state index contributed by atoms with van der Waals surface area (Å²) in [5.74, 6) is 0.301. The van der Waals surface area contributed by atoms with E-state index in [2.05, 4.69) is 6.92 Å². The number of amides is 1. The van der Waals surface area contributed by atoms with Crippen molar-refractivity contribution in [1.29, 1.82) is 0 Å². The predicted octanol–water partition coefficient (Wildman–Crippen LogP) is 3.58. The average molecular weight is 260 g/mol. The summed E-state index contributed by atoms with van der Waals surface area (Å²) in [6.07, 6.45) is 0. The highest BCUT2D eigenvalue weighted by Crippen LogP contribution is 2.26. The molecule has 0 saturated heterocycles.